The van der Waals surface area contributed by atoms with Crippen molar-refractivity contribution in [1.29, 1.82) is 0 Å². The second-order valence-electron chi connectivity index (χ2n) is 10.0. The maximum absolute atomic E-state index is 13.0. The SMILES string of the molecule is O=C(COC1CCOCC1)NC1CC(NC(=O)C23CCC(CC2)C3)C12CCC2. The fourth-order valence-electron chi connectivity index (χ4n) is 6.57. The molecule has 1 saturated heterocycles. The molecule has 2 atom stereocenters. The van der Waals surface area contributed by atoms with Crippen molar-refractivity contribution in [3.8, 4) is 0 Å². The van der Waals surface area contributed by atoms with Crippen LogP contribution in [0.1, 0.15) is 70.6 Å². The first-order valence-electron chi connectivity index (χ1n) is 11.4. The fraction of sp³-hybridized carbons (Fsp3) is 0.909. The van der Waals surface area contributed by atoms with E-state index in [2.05, 4.69) is 10.6 Å². The molecule has 4 aliphatic carbocycles. The van der Waals surface area contributed by atoms with Crippen LogP contribution < -0.4 is 10.6 Å². The molecular weight excluding hydrogens is 356 g/mol. The van der Waals surface area contributed by atoms with E-state index < -0.39 is 0 Å². The monoisotopic (exact) mass is 390 g/mol. The normalized spacial score (nSPS) is 38.6. The van der Waals surface area contributed by atoms with Crippen LogP contribution in [0.15, 0.2) is 0 Å². The zero-order valence-corrected chi connectivity index (χ0v) is 16.8. The molecule has 0 aromatic rings. The van der Waals surface area contributed by atoms with Crippen LogP contribution in [0.2, 0.25) is 0 Å². The molecule has 0 aromatic carbocycles. The van der Waals surface area contributed by atoms with E-state index in [-0.39, 0.29) is 41.5 Å². The molecule has 2 N–H and O–H groups in total. The van der Waals surface area contributed by atoms with Crippen LogP contribution in [0.3, 0.4) is 0 Å². The van der Waals surface area contributed by atoms with Crippen molar-refractivity contribution in [3.05, 3.63) is 0 Å². The molecule has 2 amide bonds. The van der Waals surface area contributed by atoms with Crippen molar-refractivity contribution in [3.63, 3.8) is 0 Å². The molecule has 0 aromatic heterocycles. The highest BCUT2D eigenvalue weighted by Gasteiger charge is 2.60. The Kier molecular flexibility index (Phi) is 4.90. The zero-order valence-electron chi connectivity index (χ0n) is 16.8. The third-order valence-electron chi connectivity index (χ3n) is 8.63. The third kappa shape index (κ3) is 3.17. The highest BCUT2D eigenvalue weighted by molar-refractivity contribution is 5.84. The van der Waals surface area contributed by atoms with Gasteiger partial charge in [0.25, 0.3) is 0 Å². The van der Waals surface area contributed by atoms with Crippen molar-refractivity contribution in [2.45, 2.75) is 88.8 Å². The number of hydrogen-bond acceptors (Lipinski definition) is 4. The predicted octanol–water partition coefficient (Wildman–Crippen LogP) is 2.31. The largest absolute Gasteiger partial charge is 0.381 e. The van der Waals surface area contributed by atoms with Crippen LogP contribution in [-0.2, 0) is 19.1 Å². The first-order valence-corrected chi connectivity index (χ1v) is 11.4. The lowest BCUT2D eigenvalue weighted by Crippen LogP contribution is -2.72. The first-order chi connectivity index (χ1) is 13.6. The Morgan fingerprint density at radius 3 is 2.29 bits per heavy atom. The number of carbonyl (C=O) groups excluding carboxylic acids is 2. The number of nitrogens with one attached hydrogen (secondary N) is 2. The minimum Gasteiger partial charge on any atom is -0.381 e. The molecule has 28 heavy (non-hydrogen) atoms. The maximum atomic E-state index is 13.0. The van der Waals surface area contributed by atoms with Gasteiger partial charge < -0.3 is 20.1 Å². The number of rotatable bonds is 6. The summed E-state index contributed by atoms with van der Waals surface area (Å²) >= 11 is 0. The summed E-state index contributed by atoms with van der Waals surface area (Å²) in [5.74, 6) is 1.07. The minimum absolute atomic E-state index is 0.0134. The molecule has 6 heteroatoms. The van der Waals surface area contributed by atoms with Crippen LogP contribution >= 0.6 is 0 Å². The molecule has 1 heterocycles. The molecule has 4 saturated carbocycles. The Balaban J connectivity index is 1.12. The van der Waals surface area contributed by atoms with Crippen LogP contribution in [0.4, 0.5) is 0 Å². The lowest BCUT2D eigenvalue weighted by Gasteiger charge is -2.61. The highest BCUT2D eigenvalue weighted by atomic mass is 16.5. The van der Waals surface area contributed by atoms with E-state index in [0.29, 0.717) is 5.91 Å². The van der Waals surface area contributed by atoms with Crippen LogP contribution in [-0.4, -0.2) is 49.8 Å². The molecule has 156 valence electrons. The predicted molar refractivity (Wildman–Crippen MR) is 104 cm³/mol. The van der Waals surface area contributed by atoms with E-state index >= 15 is 0 Å². The van der Waals surface area contributed by atoms with Gasteiger partial charge in [-0.25, -0.2) is 0 Å². The van der Waals surface area contributed by atoms with E-state index in [0.717, 1.165) is 70.5 Å². The van der Waals surface area contributed by atoms with E-state index in [1.807, 2.05) is 0 Å². The number of hydrogen-bond donors (Lipinski definition) is 2. The van der Waals surface area contributed by atoms with Gasteiger partial charge in [-0.1, -0.05) is 6.42 Å². The first kappa shape index (κ1) is 18.9. The van der Waals surface area contributed by atoms with E-state index in [4.69, 9.17) is 9.47 Å². The summed E-state index contributed by atoms with van der Waals surface area (Å²) in [6, 6.07) is 0.430. The number of fused-ring (bicyclic) bond motifs is 2. The van der Waals surface area contributed by atoms with Gasteiger partial charge in [-0.05, 0) is 70.1 Å². The summed E-state index contributed by atoms with van der Waals surface area (Å²) in [6.07, 6.45) is 11.9. The van der Waals surface area contributed by atoms with Crippen molar-refractivity contribution in [2.75, 3.05) is 19.8 Å². The smallest absolute Gasteiger partial charge is 0.246 e. The average molecular weight is 391 g/mol. The summed E-state index contributed by atoms with van der Waals surface area (Å²) < 4.78 is 11.1. The highest BCUT2D eigenvalue weighted by Crippen LogP contribution is 2.58. The third-order valence-corrected chi connectivity index (χ3v) is 8.63. The zero-order chi connectivity index (χ0) is 19.2. The van der Waals surface area contributed by atoms with Gasteiger partial charge in [0.15, 0.2) is 0 Å². The molecular formula is C22H34N2O4. The van der Waals surface area contributed by atoms with Crippen LogP contribution in [0.25, 0.3) is 0 Å². The lowest BCUT2D eigenvalue weighted by molar-refractivity contribution is -0.143. The average Bonchev–Trinajstić information content (AvgIpc) is 3.27. The number of amides is 2. The summed E-state index contributed by atoms with van der Waals surface area (Å²) in [7, 11) is 0. The van der Waals surface area contributed by atoms with Gasteiger partial charge in [-0.3, -0.25) is 9.59 Å². The van der Waals surface area contributed by atoms with E-state index in [1.165, 1.54) is 19.3 Å². The summed E-state index contributed by atoms with van der Waals surface area (Å²) in [5, 5.41) is 6.63. The second-order valence-corrected chi connectivity index (χ2v) is 10.0. The van der Waals surface area contributed by atoms with Gasteiger partial charge in [-0.15, -0.1) is 0 Å². The Morgan fingerprint density at radius 1 is 0.964 bits per heavy atom. The quantitative estimate of drug-likeness (QED) is 0.730. The molecule has 6 nitrogen and oxygen atoms in total. The van der Waals surface area contributed by atoms with Crippen molar-refractivity contribution >= 4 is 11.8 Å². The van der Waals surface area contributed by atoms with Crippen molar-refractivity contribution in [2.24, 2.45) is 16.7 Å². The molecule has 2 unspecified atom stereocenters. The topological polar surface area (TPSA) is 76.7 Å². The molecule has 5 aliphatic rings. The standard InChI is InChI=1S/C22H34N2O4/c25-19(14-28-16-4-10-27-11-5-16)23-17-12-18(22(17)6-1-7-22)24-20(26)21-8-2-15(13-21)3-9-21/h15-18H,1-14H2,(H,23,25)(H,24,26). The molecule has 2 bridgehead atoms. The van der Waals surface area contributed by atoms with Gasteiger partial charge in [-0.2, -0.15) is 0 Å². The Morgan fingerprint density at radius 2 is 1.68 bits per heavy atom. The Labute approximate surface area is 167 Å². The maximum Gasteiger partial charge on any atom is 0.246 e. The van der Waals surface area contributed by atoms with E-state index in [9.17, 15) is 9.59 Å². The molecule has 5 rings (SSSR count). The summed E-state index contributed by atoms with van der Waals surface area (Å²) in [4.78, 5) is 25.4. The molecule has 5 fully saturated rings. The Bertz CT molecular complexity index is 618. The van der Waals surface area contributed by atoms with Crippen LogP contribution in [0, 0.1) is 16.7 Å². The summed E-state index contributed by atoms with van der Waals surface area (Å²) in [5.41, 5.74) is 0.0265. The van der Waals surface area contributed by atoms with Gasteiger partial charge in [0.2, 0.25) is 11.8 Å². The fourth-order valence-corrected chi connectivity index (χ4v) is 6.57. The van der Waals surface area contributed by atoms with Gasteiger partial charge in [0, 0.05) is 36.1 Å². The molecule has 1 aliphatic heterocycles. The number of ether oxygens (including phenoxy) is 2. The molecule has 0 radical (unpaired) electrons. The lowest BCUT2D eigenvalue weighted by atomic mass is 9.49. The van der Waals surface area contributed by atoms with Crippen LogP contribution in [0.5, 0.6) is 0 Å². The molecule has 1 spiro atoms. The van der Waals surface area contributed by atoms with Gasteiger partial charge in [0.1, 0.15) is 6.61 Å². The number of carbonyl (C=O) groups is 2. The van der Waals surface area contributed by atoms with Gasteiger partial charge >= 0.3 is 0 Å². The Hall–Kier alpha value is -1.14. The van der Waals surface area contributed by atoms with Crippen molar-refractivity contribution in [1.82, 2.24) is 10.6 Å². The van der Waals surface area contributed by atoms with Gasteiger partial charge in [0.05, 0.1) is 6.10 Å². The second kappa shape index (κ2) is 7.28. The van der Waals surface area contributed by atoms with Crippen molar-refractivity contribution < 1.29 is 19.1 Å². The summed E-state index contributed by atoms with van der Waals surface area (Å²) in [6.45, 7) is 1.59. The minimum atomic E-state index is -0.0680. The van der Waals surface area contributed by atoms with E-state index in [1.54, 1.807) is 0 Å².